The molecule has 0 unspecified atom stereocenters. The largest absolute Gasteiger partial charge is 0.497 e. The summed E-state index contributed by atoms with van der Waals surface area (Å²) < 4.78 is 24.3. The number of carboxylic acid groups (broad SMARTS) is 1. The topological polar surface area (TPSA) is 62.2 Å². The molecule has 2 aliphatic heterocycles. The van der Waals surface area contributed by atoms with Gasteiger partial charge in [0.2, 0.25) is 0 Å². The van der Waals surface area contributed by atoms with Crippen molar-refractivity contribution in [1.29, 1.82) is 0 Å². The molecular weight excluding hydrogens is 327 g/mol. The number of carbonyl (C=O) groups is 1. The first-order valence-electron chi connectivity index (χ1n) is 8.48. The molecule has 2 atom stereocenters. The summed E-state index contributed by atoms with van der Waals surface area (Å²) in [7, 11) is 3.15. The molecule has 7 heteroatoms. The molecule has 2 saturated heterocycles. The number of fused-ring (bicyclic) bond motifs is 1. The fourth-order valence-corrected chi connectivity index (χ4v) is 4.11. The molecule has 0 aromatic heterocycles. The maximum Gasteiger partial charge on any atom is 0.312 e. The molecule has 0 bridgehead atoms. The standard InChI is InChI=1S/C18H25FN2O4/c1-24-6-5-20-9-14-10-21(12-18(14,11-20)17(22)23)8-13-3-4-15(25-2)7-16(13)19/h3-4,7,14H,5-6,8-12H2,1-2H3,(H,22,23)/t14-,18-/m1/s1. The summed E-state index contributed by atoms with van der Waals surface area (Å²) in [5, 5.41) is 9.85. The van der Waals surface area contributed by atoms with Gasteiger partial charge >= 0.3 is 5.97 Å². The van der Waals surface area contributed by atoms with E-state index in [4.69, 9.17) is 9.47 Å². The minimum absolute atomic E-state index is 0.0585. The van der Waals surface area contributed by atoms with Crippen LogP contribution in [0.15, 0.2) is 18.2 Å². The third-order valence-corrected chi connectivity index (χ3v) is 5.44. The lowest BCUT2D eigenvalue weighted by atomic mass is 9.81. The Kier molecular flexibility index (Phi) is 5.27. The Morgan fingerprint density at radius 3 is 2.64 bits per heavy atom. The lowest BCUT2D eigenvalue weighted by Crippen LogP contribution is -2.41. The fourth-order valence-electron chi connectivity index (χ4n) is 4.11. The van der Waals surface area contributed by atoms with Gasteiger partial charge in [0.15, 0.2) is 0 Å². The monoisotopic (exact) mass is 352 g/mol. The van der Waals surface area contributed by atoms with Gasteiger partial charge in [-0.2, -0.15) is 0 Å². The average molecular weight is 352 g/mol. The van der Waals surface area contributed by atoms with Crippen molar-refractivity contribution >= 4 is 5.97 Å². The second kappa shape index (κ2) is 7.27. The van der Waals surface area contributed by atoms with Crippen molar-refractivity contribution in [1.82, 2.24) is 9.80 Å². The highest BCUT2D eigenvalue weighted by Gasteiger charge is 2.57. The van der Waals surface area contributed by atoms with E-state index in [1.54, 1.807) is 19.2 Å². The first-order valence-corrected chi connectivity index (χ1v) is 8.48. The van der Waals surface area contributed by atoms with E-state index in [1.165, 1.54) is 13.2 Å². The molecule has 0 spiro atoms. The molecule has 2 fully saturated rings. The summed E-state index contributed by atoms with van der Waals surface area (Å²) in [5.74, 6) is -0.531. The van der Waals surface area contributed by atoms with Gasteiger partial charge in [0.05, 0.1) is 19.1 Å². The SMILES string of the molecule is COCCN1C[C@@H]2CN(Cc3ccc(OC)cc3F)C[C@]2(C(=O)O)C1. The van der Waals surface area contributed by atoms with Gasteiger partial charge in [-0.3, -0.25) is 14.6 Å². The quantitative estimate of drug-likeness (QED) is 0.798. The molecule has 1 aromatic rings. The van der Waals surface area contributed by atoms with Crippen LogP contribution < -0.4 is 4.74 Å². The second-order valence-electron chi connectivity index (χ2n) is 7.01. The van der Waals surface area contributed by atoms with Crippen LogP contribution >= 0.6 is 0 Å². The molecule has 0 saturated carbocycles. The molecular formula is C18H25FN2O4. The third-order valence-electron chi connectivity index (χ3n) is 5.44. The van der Waals surface area contributed by atoms with E-state index in [0.717, 1.165) is 13.1 Å². The van der Waals surface area contributed by atoms with E-state index < -0.39 is 11.4 Å². The van der Waals surface area contributed by atoms with Gasteiger partial charge in [-0.25, -0.2) is 4.39 Å². The van der Waals surface area contributed by atoms with Gasteiger partial charge in [-0.05, 0) is 6.07 Å². The number of hydrogen-bond donors (Lipinski definition) is 1. The number of benzene rings is 1. The van der Waals surface area contributed by atoms with Crippen molar-refractivity contribution in [3.05, 3.63) is 29.6 Å². The van der Waals surface area contributed by atoms with E-state index in [-0.39, 0.29) is 11.7 Å². The highest BCUT2D eigenvalue weighted by molar-refractivity contribution is 5.77. The lowest BCUT2D eigenvalue weighted by molar-refractivity contribution is -0.149. The Hall–Kier alpha value is -1.70. The molecule has 6 nitrogen and oxygen atoms in total. The summed E-state index contributed by atoms with van der Waals surface area (Å²) in [4.78, 5) is 16.2. The summed E-state index contributed by atoms with van der Waals surface area (Å²) in [6.07, 6.45) is 0. The normalized spacial score (nSPS) is 26.8. The lowest BCUT2D eigenvalue weighted by Gasteiger charge is -2.25. The van der Waals surface area contributed by atoms with Crippen LogP contribution in [0.5, 0.6) is 5.75 Å². The molecule has 1 aromatic carbocycles. The van der Waals surface area contributed by atoms with Crippen molar-refractivity contribution < 1.29 is 23.8 Å². The number of carboxylic acids is 1. The minimum atomic E-state index is -0.767. The first-order chi connectivity index (χ1) is 12.0. The Morgan fingerprint density at radius 1 is 1.32 bits per heavy atom. The maximum absolute atomic E-state index is 14.2. The highest BCUT2D eigenvalue weighted by Crippen LogP contribution is 2.43. The molecule has 3 rings (SSSR count). The number of ether oxygens (including phenoxy) is 2. The van der Waals surface area contributed by atoms with Crippen molar-refractivity contribution in [2.45, 2.75) is 6.54 Å². The maximum atomic E-state index is 14.2. The molecule has 0 aliphatic carbocycles. The number of aliphatic carboxylic acids is 1. The van der Waals surface area contributed by atoms with Gasteiger partial charge in [0.1, 0.15) is 11.6 Å². The van der Waals surface area contributed by atoms with Crippen LogP contribution in [-0.4, -0.2) is 74.4 Å². The van der Waals surface area contributed by atoms with Gasteiger partial charge in [-0.1, -0.05) is 6.07 Å². The summed E-state index contributed by atoms with van der Waals surface area (Å²) in [6.45, 7) is 4.15. The Morgan fingerprint density at radius 2 is 2.04 bits per heavy atom. The third kappa shape index (κ3) is 3.49. The minimum Gasteiger partial charge on any atom is -0.497 e. The van der Waals surface area contributed by atoms with Crippen molar-refractivity contribution in [3.63, 3.8) is 0 Å². The highest BCUT2D eigenvalue weighted by atomic mass is 19.1. The van der Waals surface area contributed by atoms with Crippen LogP contribution in [0, 0.1) is 17.2 Å². The number of nitrogens with zero attached hydrogens (tertiary/aromatic N) is 2. The molecule has 25 heavy (non-hydrogen) atoms. The van der Waals surface area contributed by atoms with E-state index in [9.17, 15) is 14.3 Å². The van der Waals surface area contributed by atoms with E-state index in [2.05, 4.69) is 9.80 Å². The summed E-state index contributed by atoms with van der Waals surface area (Å²) in [6, 6.07) is 4.81. The number of methoxy groups -OCH3 is 2. The molecule has 138 valence electrons. The van der Waals surface area contributed by atoms with Crippen LogP contribution in [0.1, 0.15) is 5.56 Å². The van der Waals surface area contributed by atoms with Gasteiger partial charge in [-0.15, -0.1) is 0 Å². The molecule has 0 radical (unpaired) electrons. The zero-order valence-corrected chi connectivity index (χ0v) is 14.7. The number of halogens is 1. The Bertz CT molecular complexity index is 642. The second-order valence-corrected chi connectivity index (χ2v) is 7.01. The zero-order valence-electron chi connectivity index (χ0n) is 14.7. The number of rotatable bonds is 7. The molecule has 2 heterocycles. The smallest absolute Gasteiger partial charge is 0.312 e. The van der Waals surface area contributed by atoms with E-state index in [1.807, 2.05) is 0 Å². The summed E-state index contributed by atoms with van der Waals surface area (Å²) >= 11 is 0. The number of likely N-dealkylation sites (tertiary alicyclic amines) is 2. The zero-order chi connectivity index (χ0) is 18.0. The van der Waals surface area contributed by atoms with Crippen LogP contribution in [0.25, 0.3) is 0 Å². The van der Waals surface area contributed by atoms with Crippen molar-refractivity contribution in [2.24, 2.45) is 11.3 Å². The molecule has 0 amide bonds. The summed E-state index contributed by atoms with van der Waals surface area (Å²) in [5.41, 5.74) is -0.200. The van der Waals surface area contributed by atoms with E-state index >= 15 is 0 Å². The van der Waals surface area contributed by atoms with Crippen LogP contribution in [-0.2, 0) is 16.1 Å². The molecule has 1 N–H and O–H groups in total. The van der Waals surface area contributed by atoms with Crippen molar-refractivity contribution in [2.75, 3.05) is 53.6 Å². The van der Waals surface area contributed by atoms with Gasteiger partial charge < -0.3 is 14.6 Å². The Labute approximate surface area is 147 Å². The number of hydrogen-bond acceptors (Lipinski definition) is 5. The predicted molar refractivity (Wildman–Crippen MR) is 90.1 cm³/mol. The van der Waals surface area contributed by atoms with E-state index in [0.29, 0.717) is 44.1 Å². The Balaban J connectivity index is 1.69. The van der Waals surface area contributed by atoms with Crippen LogP contribution in [0.3, 0.4) is 0 Å². The molecule has 2 aliphatic rings. The fraction of sp³-hybridized carbons (Fsp3) is 0.611. The van der Waals surface area contributed by atoms with Crippen molar-refractivity contribution in [3.8, 4) is 5.75 Å². The van der Waals surface area contributed by atoms with Crippen LogP contribution in [0.4, 0.5) is 4.39 Å². The average Bonchev–Trinajstić information content (AvgIpc) is 3.09. The predicted octanol–water partition coefficient (Wildman–Crippen LogP) is 1.30. The first kappa shape index (κ1) is 18.1. The van der Waals surface area contributed by atoms with Gasteiger partial charge in [0, 0.05) is 63.9 Å². The van der Waals surface area contributed by atoms with Gasteiger partial charge in [0.25, 0.3) is 0 Å². The van der Waals surface area contributed by atoms with Crippen LogP contribution in [0.2, 0.25) is 0 Å².